The second kappa shape index (κ2) is 6.22. The van der Waals surface area contributed by atoms with Crippen molar-refractivity contribution in [1.82, 2.24) is 0 Å². The number of nitrogens with one attached hydrogen (secondary N) is 1. The molecule has 0 radical (unpaired) electrons. The molecule has 3 rings (SSSR count). The number of hydrogen-bond acceptors (Lipinski definition) is 3. The van der Waals surface area contributed by atoms with Crippen molar-refractivity contribution in [1.29, 1.82) is 0 Å². The average molecular weight is 298 g/mol. The highest BCUT2D eigenvalue weighted by Crippen LogP contribution is 2.27. The maximum atomic E-state index is 12.0. The first kappa shape index (κ1) is 14.0. The van der Waals surface area contributed by atoms with Crippen LogP contribution in [0.15, 0.2) is 54.6 Å². The summed E-state index contributed by atoms with van der Waals surface area (Å²) in [6.45, 7) is 0.772. The van der Waals surface area contributed by atoms with Crippen molar-refractivity contribution in [2.24, 2.45) is 5.92 Å². The molecule has 1 atom stereocenters. The van der Waals surface area contributed by atoms with Gasteiger partial charge in [-0.1, -0.05) is 18.2 Å². The van der Waals surface area contributed by atoms with Gasteiger partial charge in [-0.15, -0.1) is 0 Å². The molecule has 1 N–H and O–H groups in total. The number of carbonyl (C=O) groups excluding carboxylic acids is 1. The van der Waals surface area contributed by atoms with E-state index in [0.29, 0.717) is 12.3 Å². The fourth-order valence-electron chi connectivity index (χ4n) is 2.57. The van der Waals surface area contributed by atoms with E-state index in [1.807, 2.05) is 59.5 Å². The Labute approximate surface area is 130 Å². The van der Waals surface area contributed by atoms with E-state index in [0.717, 1.165) is 29.4 Å². The minimum Gasteiger partial charge on any atom is -0.356 e. The van der Waals surface area contributed by atoms with Crippen molar-refractivity contribution in [2.45, 2.75) is 6.42 Å². The van der Waals surface area contributed by atoms with Crippen LogP contribution in [0.5, 0.6) is 0 Å². The van der Waals surface area contributed by atoms with Gasteiger partial charge in [0.05, 0.1) is 0 Å². The van der Waals surface area contributed by atoms with E-state index in [2.05, 4.69) is 17.9 Å². The molecule has 2 aromatic rings. The SMILES string of the molecule is O=C1CC(CS)CN1c1ccc(Nc2ccccc2)cc1. The highest BCUT2D eigenvalue weighted by molar-refractivity contribution is 7.80. The molecule has 1 heterocycles. The highest BCUT2D eigenvalue weighted by atomic mass is 32.1. The number of carbonyl (C=O) groups is 1. The number of benzene rings is 2. The standard InChI is InChI=1S/C17H18N2OS/c20-17-10-13(12-21)11-19(17)16-8-6-15(7-9-16)18-14-4-2-1-3-5-14/h1-9,13,18,21H,10-12H2. The number of amides is 1. The molecule has 1 saturated heterocycles. The minimum absolute atomic E-state index is 0.192. The Balaban J connectivity index is 1.71. The van der Waals surface area contributed by atoms with Crippen LogP contribution in [0.4, 0.5) is 17.1 Å². The molecule has 1 unspecified atom stereocenters. The Bertz CT molecular complexity index is 612. The van der Waals surface area contributed by atoms with E-state index >= 15 is 0 Å². The summed E-state index contributed by atoms with van der Waals surface area (Å²) in [5.74, 6) is 1.32. The summed E-state index contributed by atoms with van der Waals surface area (Å²) in [6.07, 6.45) is 0.605. The van der Waals surface area contributed by atoms with Crippen LogP contribution in [-0.2, 0) is 4.79 Å². The summed E-state index contributed by atoms with van der Waals surface area (Å²) in [7, 11) is 0. The van der Waals surface area contributed by atoms with Gasteiger partial charge in [0.1, 0.15) is 0 Å². The van der Waals surface area contributed by atoms with Crippen LogP contribution < -0.4 is 10.2 Å². The fourth-order valence-corrected chi connectivity index (χ4v) is 2.81. The second-order valence-corrected chi connectivity index (χ2v) is 5.66. The number of thiol groups is 1. The molecule has 4 heteroatoms. The lowest BCUT2D eigenvalue weighted by Gasteiger charge is -2.17. The van der Waals surface area contributed by atoms with Gasteiger partial charge in [0, 0.05) is 30.0 Å². The van der Waals surface area contributed by atoms with Crippen molar-refractivity contribution < 1.29 is 4.79 Å². The zero-order valence-corrected chi connectivity index (χ0v) is 12.6. The van der Waals surface area contributed by atoms with E-state index in [4.69, 9.17) is 0 Å². The smallest absolute Gasteiger partial charge is 0.227 e. The van der Waals surface area contributed by atoms with Gasteiger partial charge in [-0.3, -0.25) is 4.79 Å². The van der Waals surface area contributed by atoms with Gasteiger partial charge in [-0.05, 0) is 48.1 Å². The predicted octanol–water partition coefficient (Wildman–Crippen LogP) is 3.71. The summed E-state index contributed by atoms with van der Waals surface area (Å²) in [4.78, 5) is 13.9. The highest BCUT2D eigenvalue weighted by Gasteiger charge is 2.29. The largest absolute Gasteiger partial charge is 0.356 e. The van der Waals surface area contributed by atoms with Crippen molar-refractivity contribution in [3.8, 4) is 0 Å². The van der Waals surface area contributed by atoms with Gasteiger partial charge in [-0.2, -0.15) is 12.6 Å². The van der Waals surface area contributed by atoms with E-state index in [1.165, 1.54) is 0 Å². The molecule has 1 amide bonds. The van der Waals surface area contributed by atoms with Crippen LogP contribution in [0.3, 0.4) is 0 Å². The zero-order valence-electron chi connectivity index (χ0n) is 11.7. The molecule has 0 saturated carbocycles. The molecule has 1 aliphatic rings. The Morgan fingerprint density at radius 1 is 1.05 bits per heavy atom. The number of para-hydroxylation sites is 1. The average Bonchev–Trinajstić information content (AvgIpc) is 2.90. The molecule has 0 aliphatic carbocycles. The maximum Gasteiger partial charge on any atom is 0.227 e. The van der Waals surface area contributed by atoms with Crippen molar-refractivity contribution >= 4 is 35.6 Å². The lowest BCUT2D eigenvalue weighted by Crippen LogP contribution is -2.24. The van der Waals surface area contributed by atoms with Crippen molar-refractivity contribution in [3.63, 3.8) is 0 Å². The second-order valence-electron chi connectivity index (χ2n) is 5.29. The number of hydrogen-bond donors (Lipinski definition) is 2. The predicted molar refractivity (Wildman–Crippen MR) is 90.5 cm³/mol. The van der Waals surface area contributed by atoms with Gasteiger partial charge in [0.15, 0.2) is 0 Å². The topological polar surface area (TPSA) is 32.3 Å². The molecule has 21 heavy (non-hydrogen) atoms. The van der Waals surface area contributed by atoms with Crippen LogP contribution in [0, 0.1) is 5.92 Å². The van der Waals surface area contributed by atoms with Crippen LogP contribution in [-0.4, -0.2) is 18.2 Å². The van der Waals surface area contributed by atoms with Crippen molar-refractivity contribution in [2.75, 3.05) is 22.5 Å². The van der Waals surface area contributed by atoms with E-state index < -0.39 is 0 Å². The maximum absolute atomic E-state index is 12.0. The van der Waals surface area contributed by atoms with Crippen LogP contribution in [0.2, 0.25) is 0 Å². The Hall–Kier alpha value is -1.94. The molecule has 2 aromatic carbocycles. The zero-order chi connectivity index (χ0) is 14.7. The normalized spacial score (nSPS) is 18.0. The molecule has 0 bridgehead atoms. The molecule has 3 nitrogen and oxygen atoms in total. The fraction of sp³-hybridized carbons (Fsp3) is 0.235. The summed E-state index contributed by atoms with van der Waals surface area (Å²) in [5, 5.41) is 3.34. The van der Waals surface area contributed by atoms with Crippen LogP contribution in [0.25, 0.3) is 0 Å². The lowest BCUT2D eigenvalue weighted by atomic mass is 10.1. The third-order valence-electron chi connectivity index (χ3n) is 3.70. The molecule has 108 valence electrons. The monoisotopic (exact) mass is 298 g/mol. The Morgan fingerprint density at radius 3 is 2.33 bits per heavy atom. The molecule has 1 fully saturated rings. The Kier molecular flexibility index (Phi) is 4.15. The first-order valence-corrected chi connectivity index (χ1v) is 7.73. The number of nitrogens with zero attached hydrogens (tertiary/aromatic N) is 1. The molecule has 1 aliphatic heterocycles. The minimum atomic E-state index is 0.192. The molecular formula is C17H18N2OS. The van der Waals surface area contributed by atoms with E-state index in [9.17, 15) is 4.79 Å². The van der Waals surface area contributed by atoms with Crippen molar-refractivity contribution in [3.05, 3.63) is 54.6 Å². The van der Waals surface area contributed by atoms with Gasteiger partial charge >= 0.3 is 0 Å². The van der Waals surface area contributed by atoms with Crippen LogP contribution in [0.1, 0.15) is 6.42 Å². The summed E-state index contributed by atoms with van der Waals surface area (Å²) >= 11 is 4.29. The third kappa shape index (κ3) is 3.22. The first-order chi connectivity index (χ1) is 10.3. The molecule has 0 spiro atoms. The first-order valence-electron chi connectivity index (χ1n) is 7.09. The van der Waals surface area contributed by atoms with Gasteiger partial charge in [0.2, 0.25) is 5.91 Å². The third-order valence-corrected chi connectivity index (χ3v) is 4.22. The lowest BCUT2D eigenvalue weighted by molar-refractivity contribution is -0.117. The van der Waals surface area contributed by atoms with Gasteiger partial charge < -0.3 is 10.2 Å². The van der Waals surface area contributed by atoms with Gasteiger partial charge in [0.25, 0.3) is 0 Å². The summed E-state index contributed by atoms with van der Waals surface area (Å²) in [6, 6.07) is 18.0. The molecule has 0 aromatic heterocycles. The number of anilines is 3. The van der Waals surface area contributed by atoms with E-state index in [1.54, 1.807) is 0 Å². The summed E-state index contributed by atoms with van der Waals surface area (Å²) < 4.78 is 0. The van der Waals surface area contributed by atoms with Crippen LogP contribution >= 0.6 is 12.6 Å². The molecular weight excluding hydrogens is 280 g/mol. The quantitative estimate of drug-likeness (QED) is 0.843. The van der Waals surface area contributed by atoms with E-state index in [-0.39, 0.29) is 5.91 Å². The Morgan fingerprint density at radius 2 is 1.71 bits per heavy atom. The van der Waals surface area contributed by atoms with Gasteiger partial charge in [-0.25, -0.2) is 0 Å². The summed E-state index contributed by atoms with van der Waals surface area (Å²) in [5.41, 5.74) is 3.03. The number of rotatable bonds is 4.